The maximum atomic E-state index is 12.9. The Morgan fingerprint density at radius 1 is 1.15 bits per heavy atom. The number of rotatable bonds is 8. The van der Waals surface area contributed by atoms with Crippen molar-refractivity contribution in [1.82, 2.24) is 4.31 Å². The van der Waals surface area contributed by atoms with Crippen molar-refractivity contribution in [2.45, 2.75) is 30.8 Å². The standard InChI is InChI=1S/C24H26N2O7S/c1-3-31-24(28)22-21(19-8-4-5-9-20(19)33-22)25-23(27)16-10-12-18(13-11-16)34(29,30)26(2)15-17-7-6-14-32-17/h4-5,8-13,17H,3,6-7,14-15H2,1-2H3,(H,25,27). The third-order valence-electron chi connectivity index (χ3n) is 5.60. The predicted molar refractivity (Wildman–Crippen MR) is 125 cm³/mol. The smallest absolute Gasteiger partial charge is 0.376 e. The molecule has 1 N–H and O–H groups in total. The van der Waals surface area contributed by atoms with Crippen molar-refractivity contribution in [2.75, 3.05) is 32.1 Å². The van der Waals surface area contributed by atoms with E-state index in [4.69, 9.17) is 13.9 Å². The minimum absolute atomic E-state index is 0.0746. The molecule has 0 bridgehead atoms. The van der Waals surface area contributed by atoms with Crippen molar-refractivity contribution in [3.63, 3.8) is 0 Å². The van der Waals surface area contributed by atoms with Crippen molar-refractivity contribution in [3.8, 4) is 0 Å². The van der Waals surface area contributed by atoms with Crippen LogP contribution in [0.15, 0.2) is 57.8 Å². The van der Waals surface area contributed by atoms with Gasteiger partial charge in [0.2, 0.25) is 15.8 Å². The molecule has 1 saturated heterocycles. The van der Waals surface area contributed by atoms with E-state index in [0.29, 0.717) is 17.6 Å². The van der Waals surface area contributed by atoms with E-state index in [1.165, 1.54) is 35.6 Å². The number of furan rings is 1. The number of anilines is 1. The van der Waals surface area contributed by atoms with Crippen molar-refractivity contribution < 1.29 is 31.9 Å². The van der Waals surface area contributed by atoms with Crippen molar-refractivity contribution in [1.29, 1.82) is 0 Å². The number of nitrogens with zero attached hydrogens (tertiary/aromatic N) is 1. The lowest BCUT2D eigenvalue weighted by atomic mass is 10.2. The van der Waals surface area contributed by atoms with Crippen molar-refractivity contribution >= 4 is 38.6 Å². The summed E-state index contributed by atoms with van der Waals surface area (Å²) in [6.07, 6.45) is 1.64. The van der Waals surface area contributed by atoms with Crippen LogP contribution in [0.1, 0.15) is 40.7 Å². The van der Waals surface area contributed by atoms with Gasteiger partial charge in [0.1, 0.15) is 11.3 Å². The van der Waals surface area contributed by atoms with Gasteiger partial charge in [-0.2, -0.15) is 4.31 Å². The number of para-hydroxylation sites is 1. The Morgan fingerprint density at radius 3 is 2.56 bits per heavy atom. The number of esters is 1. The van der Waals surface area contributed by atoms with Crippen LogP contribution in [0.3, 0.4) is 0 Å². The number of ether oxygens (including phenoxy) is 2. The zero-order valence-corrected chi connectivity index (χ0v) is 19.8. The van der Waals surface area contributed by atoms with E-state index in [0.717, 1.165) is 12.8 Å². The number of sulfonamides is 1. The average Bonchev–Trinajstić information content (AvgIpc) is 3.47. The number of fused-ring (bicyclic) bond motifs is 1. The molecule has 10 heteroatoms. The van der Waals surface area contributed by atoms with E-state index in [1.807, 2.05) is 0 Å². The topological polar surface area (TPSA) is 115 Å². The highest BCUT2D eigenvalue weighted by Gasteiger charge is 2.27. The maximum absolute atomic E-state index is 12.9. The lowest BCUT2D eigenvalue weighted by Gasteiger charge is -2.20. The van der Waals surface area contributed by atoms with Crippen LogP contribution in [0.4, 0.5) is 5.69 Å². The fraction of sp³-hybridized carbons (Fsp3) is 0.333. The summed E-state index contributed by atoms with van der Waals surface area (Å²) in [4.78, 5) is 25.4. The molecule has 1 unspecified atom stereocenters. The summed E-state index contributed by atoms with van der Waals surface area (Å²) >= 11 is 0. The van der Waals surface area contributed by atoms with Crippen LogP contribution in [-0.4, -0.2) is 57.5 Å². The van der Waals surface area contributed by atoms with Crippen LogP contribution >= 0.6 is 0 Å². The first-order valence-electron chi connectivity index (χ1n) is 11.0. The lowest BCUT2D eigenvalue weighted by molar-refractivity contribution is 0.0494. The minimum Gasteiger partial charge on any atom is -0.460 e. The van der Waals surface area contributed by atoms with Crippen LogP contribution in [0.2, 0.25) is 0 Å². The van der Waals surface area contributed by atoms with Crippen molar-refractivity contribution in [3.05, 3.63) is 59.9 Å². The third-order valence-corrected chi connectivity index (χ3v) is 7.44. The molecule has 2 heterocycles. The van der Waals surface area contributed by atoms with Gasteiger partial charge in [0.25, 0.3) is 5.91 Å². The first kappa shape index (κ1) is 23.9. The largest absolute Gasteiger partial charge is 0.460 e. The summed E-state index contributed by atoms with van der Waals surface area (Å²) in [6.45, 7) is 2.74. The molecule has 1 atom stereocenters. The second-order valence-electron chi connectivity index (χ2n) is 7.92. The maximum Gasteiger partial charge on any atom is 0.376 e. The Kier molecular flexibility index (Phi) is 7.01. The second-order valence-corrected chi connectivity index (χ2v) is 9.97. The van der Waals surface area contributed by atoms with Crippen LogP contribution in [0.5, 0.6) is 0 Å². The zero-order valence-electron chi connectivity index (χ0n) is 18.9. The Hall–Kier alpha value is -3.21. The van der Waals surface area contributed by atoms with Gasteiger partial charge in [-0.05, 0) is 56.2 Å². The molecular formula is C24H26N2O7S. The number of benzene rings is 2. The molecular weight excluding hydrogens is 460 g/mol. The van der Waals surface area contributed by atoms with Gasteiger partial charge in [0.05, 0.1) is 17.6 Å². The molecule has 9 nitrogen and oxygen atoms in total. The normalized spacial score (nSPS) is 16.1. The molecule has 1 amide bonds. The van der Waals surface area contributed by atoms with Crippen LogP contribution in [0, 0.1) is 0 Å². The summed E-state index contributed by atoms with van der Waals surface area (Å²) in [5.41, 5.74) is 0.851. The molecule has 1 aliphatic rings. The predicted octanol–water partition coefficient (Wildman–Crippen LogP) is 3.66. The van der Waals surface area contributed by atoms with Gasteiger partial charge in [-0.15, -0.1) is 0 Å². The molecule has 34 heavy (non-hydrogen) atoms. The minimum atomic E-state index is -3.73. The van der Waals surface area contributed by atoms with Gasteiger partial charge in [-0.3, -0.25) is 4.79 Å². The molecule has 3 aromatic rings. The lowest BCUT2D eigenvalue weighted by Crippen LogP contribution is -2.34. The molecule has 0 spiro atoms. The fourth-order valence-corrected chi connectivity index (χ4v) is 5.03. The molecule has 4 rings (SSSR count). The quantitative estimate of drug-likeness (QED) is 0.483. The molecule has 2 aromatic carbocycles. The van der Waals surface area contributed by atoms with E-state index >= 15 is 0 Å². The van der Waals surface area contributed by atoms with E-state index in [9.17, 15) is 18.0 Å². The Morgan fingerprint density at radius 2 is 1.88 bits per heavy atom. The van der Waals surface area contributed by atoms with Crippen LogP contribution in [-0.2, 0) is 19.5 Å². The first-order valence-corrected chi connectivity index (χ1v) is 12.4. The molecule has 1 fully saturated rings. The summed E-state index contributed by atoms with van der Waals surface area (Å²) in [6, 6.07) is 12.5. The number of carbonyl (C=O) groups is 2. The molecule has 1 aliphatic heterocycles. The second kappa shape index (κ2) is 9.96. The van der Waals surface area contributed by atoms with E-state index < -0.39 is 21.9 Å². The summed E-state index contributed by atoms with van der Waals surface area (Å²) < 4.78 is 43.2. The Labute approximate surface area is 197 Å². The number of nitrogens with one attached hydrogen (secondary N) is 1. The number of amides is 1. The summed E-state index contributed by atoms with van der Waals surface area (Å²) in [7, 11) is -2.21. The van der Waals surface area contributed by atoms with Gasteiger partial charge in [0.15, 0.2) is 0 Å². The first-order chi connectivity index (χ1) is 16.3. The van der Waals surface area contributed by atoms with Gasteiger partial charge in [0, 0.05) is 31.1 Å². The highest BCUT2D eigenvalue weighted by Crippen LogP contribution is 2.32. The SMILES string of the molecule is CCOC(=O)c1oc2ccccc2c1NC(=O)c1ccc(S(=O)(=O)N(C)CC2CCCO2)cc1. The highest BCUT2D eigenvalue weighted by atomic mass is 32.2. The number of likely N-dealkylation sites (N-methyl/N-ethyl adjacent to an activating group) is 1. The Bertz CT molecular complexity index is 1290. The van der Waals surface area contributed by atoms with Crippen LogP contribution in [0.25, 0.3) is 11.0 Å². The van der Waals surface area contributed by atoms with Crippen LogP contribution < -0.4 is 5.32 Å². The molecule has 180 valence electrons. The van der Waals surface area contributed by atoms with Crippen molar-refractivity contribution in [2.24, 2.45) is 0 Å². The zero-order chi connectivity index (χ0) is 24.3. The Balaban J connectivity index is 1.54. The molecule has 1 aromatic heterocycles. The monoisotopic (exact) mass is 486 g/mol. The third kappa shape index (κ3) is 4.84. The average molecular weight is 487 g/mol. The number of hydrogen-bond acceptors (Lipinski definition) is 7. The summed E-state index contributed by atoms with van der Waals surface area (Å²) in [5, 5.41) is 3.26. The van der Waals surface area contributed by atoms with Gasteiger partial charge >= 0.3 is 5.97 Å². The molecule has 0 aliphatic carbocycles. The van der Waals surface area contributed by atoms with E-state index in [1.54, 1.807) is 31.2 Å². The number of carbonyl (C=O) groups excluding carboxylic acids is 2. The fourth-order valence-electron chi connectivity index (χ4n) is 3.83. The highest BCUT2D eigenvalue weighted by molar-refractivity contribution is 7.89. The summed E-state index contributed by atoms with van der Waals surface area (Å²) in [5.74, 6) is -1.31. The van der Waals surface area contributed by atoms with Gasteiger partial charge in [-0.1, -0.05) is 12.1 Å². The van der Waals surface area contributed by atoms with E-state index in [2.05, 4.69) is 5.32 Å². The van der Waals surface area contributed by atoms with Gasteiger partial charge in [-0.25, -0.2) is 13.2 Å². The molecule has 0 radical (unpaired) electrons. The molecule has 0 saturated carbocycles. The van der Waals surface area contributed by atoms with Gasteiger partial charge < -0.3 is 19.2 Å². The van der Waals surface area contributed by atoms with E-state index in [-0.39, 0.29) is 41.2 Å². The number of hydrogen-bond donors (Lipinski definition) is 1.